The molecular formula is C19H26N4OS. The van der Waals surface area contributed by atoms with Crippen LogP contribution in [-0.2, 0) is 24.1 Å². The molecule has 0 unspecified atom stereocenters. The van der Waals surface area contributed by atoms with Gasteiger partial charge in [-0.3, -0.25) is 9.78 Å². The number of amides is 1. The number of nitrogens with two attached hydrogens (primary N) is 1. The third-order valence-corrected chi connectivity index (χ3v) is 5.84. The zero-order chi connectivity index (χ0) is 17.6. The van der Waals surface area contributed by atoms with E-state index in [9.17, 15) is 4.79 Å². The van der Waals surface area contributed by atoms with Crippen molar-refractivity contribution in [1.29, 1.82) is 0 Å². The largest absolute Gasteiger partial charge is 0.367 e. The number of nitrogens with zero attached hydrogens (tertiary/aromatic N) is 3. The number of pyridine rings is 1. The van der Waals surface area contributed by atoms with Crippen LogP contribution in [0.1, 0.15) is 22.4 Å². The van der Waals surface area contributed by atoms with Crippen molar-refractivity contribution in [3.8, 4) is 0 Å². The zero-order valence-electron chi connectivity index (χ0n) is 14.8. The van der Waals surface area contributed by atoms with E-state index in [0.717, 1.165) is 56.8 Å². The number of hydrogen-bond donors (Lipinski definition) is 1. The molecule has 2 aromatic heterocycles. The first kappa shape index (κ1) is 17.9. The Kier molecular flexibility index (Phi) is 6.04. The molecule has 2 N–H and O–H groups in total. The second-order valence-corrected chi connectivity index (χ2v) is 7.66. The molecule has 0 radical (unpaired) electrons. The highest BCUT2D eigenvalue weighted by Crippen LogP contribution is 2.20. The second-order valence-electron chi connectivity index (χ2n) is 6.41. The average molecular weight is 359 g/mol. The molecule has 6 heteroatoms. The van der Waals surface area contributed by atoms with E-state index in [-0.39, 0.29) is 5.91 Å². The van der Waals surface area contributed by atoms with Gasteiger partial charge in [0.2, 0.25) is 5.91 Å². The Bertz CT molecular complexity index is 690. The van der Waals surface area contributed by atoms with Crippen LogP contribution in [0.2, 0.25) is 0 Å². The minimum absolute atomic E-state index is 0.163. The lowest BCUT2D eigenvalue weighted by Gasteiger charge is -2.35. The minimum atomic E-state index is 0.163. The Morgan fingerprint density at radius 3 is 2.40 bits per heavy atom. The molecule has 0 bridgehead atoms. The molecule has 5 nitrogen and oxygen atoms in total. The fraction of sp³-hybridized carbons (Fsp3) is 0.474. The highest BCUT2D eigenvalue weighted by molar-refractivity contribution is 7.11. The molecule has 1 aliphatic rings. The third kappa shape index (κ3) is 4.80. The van der Waals surface area contributed by atoms with E-state index in [1.807, 2.05) is 22.4 Å². The van der Waals surface area contributed by atoms with Gasteiger partial charge >= 0.3 is 0 Å². The fourth-order valence-corrected chi connectivity index (χ4v) is 4.15. The molecule has 1 aliphatic heterocycles. The Balaban J connectivity index is 1.51. The van der Waals surface area contributed by atoms with Crippen molar-refractivity contribution in [3.05, 3.63) is 45.9 Å². The summed E-state index contributed by atoms with van der Waals surface area (Å²) < 4.78 is 0. The number of carbonyl (C=O) groups is 1. The van der Waals surface area contributed by atoms with Crippen molar-refractivity contribution < 1.29 is 4.79 Å². The number of rotatable bonds is 6. The van der Waals surface area contributed by atoms with Gasteiger partial charge in [-0.15, -0.1) is 11.3 Å². The Morgan fingerprint density at radius 1 is 1.08 bits per heavy atom. The van der Waals surface area contributed by atoms with Gasteiger partial charge in [0.1, 0.15) is 0 Å². The van der Waals surface area contributed by atoms with Gasteiger partial charge in [0, 0.05) is 48.6 Å². The molecule has 25 heavy (non-hydrogen) atoms. The topological polar surface area (TPSA) is 62.5 Å². The predicted octanol–water partition coefficient (Wildman–Crippen LogP) is 2.10. The summed E-state index contributed by atoms with van der Waals surface area (Å²) in [5, 5.41) is 0. The number of aromatic nitrogens is 1. The maximum atomic E-state index is 11.4. The van der Waals surface area contributed by atoms with Gasteiger partial charge in [-0.2, -0.15) is 0 Å². The van der Waals surface area contributed by atoms with Gasteiger partial charge in [-0.25, -0.2) is 0 Å². The summed E-state index contributed by atoms with van der Waals surface area (Å²) in [6, 6.07) is 8.67. The number of piperazine rings is 1. The first-order valence-corrected chi connectivity index (χ1v) is 9.70. The predicted molar refractivity (Wildman–Crippen MR) is 103 cm³/mol. The molecule has 1 fully saturated rings. The van der Waals surface area contributed by atoms with Gasteiger partial charge in [0.25, 0.3) is 0 Å². The first-order valence-electron chi connectivity index (χ1n) is 8.89. The molecule has 1 amide bonds. The van der Waals surface area contributed by atoms with E-state index < -0.39 is 0 Å². The van der Waals surface area contributed by atoms with Crippen LogP contribution in [0.5, 0.6) is 0 Å². The molecule has 2 aromatic rings. The molecule has 0 aliphatic carbocycles. The molecule has 3 rings (SSSR count). The summed E-state index contributed by atoms with van der Waals surface area (Å²) in [5.41, 5.74) is 7.88. The van der Waals surface area contributed by atoms with E-state index in [1.165, 1.54) is 9.75 Å². The summed E-state index contributed by atoms with van der Waals surface area (Å²) >= 11 is 1.86. The third-order valence-electron chi connectivity index (χ3n) is 4.63. The van der Waals surface area contributed by atoms with Crippen LogP contribution in [0.25, 0.3) is 0 Å². The van der Waals surface area contributed by atoms with Crippen molar-refractivity contribution in [2.45, 2.75) is 26.2 Å². The van der Waals surface area contributed by atoms with Crippen LogP contribution in [-0.4, -0.2) is 48.5 Å². The van der Waals surface area contributed by atoms with E-state index in [1.54, 1.807) is 6.92 Å². The van der Waals surface area contributed by atoms with Gasteiger partial charge in [-0.05, 0) is 50.1 Å². The molecular weight excluding hydrogens is 332 g/mol. The number of hydrogen-bond acceptors (Lipinski definition) is 5. The van der Waals surface area contributed by atoms with Gasteiger partial charge in [0.05, 0.1) is 11.9 Å². The number of aryl methyl sites for hydroxylation is 2. The van der Waals surface area contributed by atoms with E-state index in [0.29, 0.717) is 6.54 Å². The second kappa shape index (κ2) is 8.45. The average Bonchev–Trinajstić information content (AvgIpc) is 3.08. The first-order chi connectivity index (χ1) is 12.2. The van der Waals surface area contributed by atoms with E-state index in [4.69, 9.17) is 5.73 Å². The molecule has 0 atom stereocenters. The summed E-state index contributed by atoms with van der Waals surface area (Å²) in [5.74, 6) is 0.163. The zero-order valence-corrected chi connectivity index (χ0v) is 15.6. The molecule has 1 saturated heterocycles. The fourth-order valence-electron chi connectivity index (χ4n) is 3.12. The maximum absolute atomic E-state index is 11.4. The van der Waals surface area contributed by atoms with Crippen molar-refractivity contribution in [2.24, 2.45) is 5.73 Å². The van der Waals surface area contributed by atoms with Crippen LogP contribution < -0.4 is 10.6 Å². The molecule has 0 spiro atoms. The van der Waals surface area contributed by atoms with Gasteiger partial charge < -0.3 is 15.5 Å². The summed E-state index contributed by atoms with van der Waals surface area (Å²) in [4.78, 5) is 23.0. The number of thiophene rings is 1. The lowest BCUT2D eigenvalue weighted by molar-refractivity contribution is -0.129. The van der Waals surface area contributed by atoms with Crippen molar-refractivity contribution in [1.82, 2.24) is 9.88 Å². The summed E-state index contributed by atoms with van der Waals surface area (Å²) in [6.45, 7) is 5.68. The Hall–Kier alpha value is -1.92. The highest BCUT2D eigenvalue weighted by atomic mass is 32.1. The molecule has 134 valence electrons. The lowest BCUT2D eigenvalue weighted by atomic mass is 10.2. The van der Waals surface area contributed by atoms with E-state index in [2.05, 4.69) is 34.1 Å². The quantitative estimate of drug-likeness (QED) is 0.859. The normalized spacial score (nSPS) is 14.8. The Morgan fingerprint density at radius 2 is 1.80 bits per heavy atom. The van der Waals surface area contributed by atoms with Crippen LogP contribution in [0, 0.1) is 0 Å². The number of carbonyl (C=O) groups excluding carboxylic acids is 1. The van der Waals surface area contributed by atoms with Crippen molar-refractivity contribution >= 4 is 22.9 Å². The van der Waals surface area contributed by atoms with Crippen molar-refractivity contribution in [2.75, 3.05) is 37.6 Å². The lowest BCUT2D eigenvalue weighted by Crippen LogP contribution is -2.48. The highest BCUT2D eigenvalue weighted by Gasteiger charge is 2.18. The smallest absolute Gasteiger partial charge is 0.219 e. The van der Waals surface area contributed by atoms with Crippen LogP contribution >= 0.6 is 11.3 Å². The van der Waals surface area contributed by atoms with Crippen molar-refractivity contribution in [3.63, 3.8) is 0 Å². The van der Waals surface area contributed by atoms with E-state index >= 15 is 0 Å². The maximum Gasteiger partial charge on any atom is 0.219 e. The standard InChI is InChI=1S/C19H26N4OS/c1-15(24)22-10-12-23(13-11-22)17-4-2-16(21-14-17)3-5-18-6-7-19(25-18)8-9-20/h2,4,6-7,14H,3,5,8-13,20H2,1H3. The van der Waals surface area contributed by atoms with Gasteiger partial charge in [-0.1, -0.05) is 0 Å². The van der Waals surface area contributed by atoms with Gasteiger partial charge in [0.15, 0.2) is 0 Å². The van der Waals surface area contributed by atoms with Crippen LogP contribution in [0.4, 0.5) is 5.69 Å². The number of anilines is 1. The molecule has 0 aromatic carbocycles. The molecule has 0 saturated carbocycles. The minimum Gasteiger partial charge on any atom is -0.367 e. The summed E-state index contributed by atoms with van der Waals surface area (Å²) in [6.07, 6.45) is 4.92. The monoisotopic (exact) mass is 358 g/mol. The molecule has 3 heterocycles. The van der Waals surface area contributed by atoms with Crippen LogP contribution in [0.15, 0.2) is 30.5 Å². The van der Waals surface area contributed by atoms with Crippen LogP contribution in [0.3, 0.4) is 0 Å². The Labute approximate surface area is 153 Å². The summed E-state index contributed by atoms with van der Waals surface area (Å²) in [7, 11) is 0. The SMILES string of the molecule is CC(=O)N1CCN(c2ccc(CCc3ccc(CCN)s3)nc2)CC1.